The molecule has 0 radical (unpaired) electrons. The van der Waals surface area contributed by atoms with E-state index < -0.39 is 20.0 Å². The van der Waals surface area contributed by atoms with E-state index in [0.29, 0.717) is 16.8 Å². The zero-order valence-electron chi connectivity index (χ0n) is 20.7. The number of pyridine rings is 2. The van der Waals surface area contributed by atoms with Gasteiger partial charge in [0.2, 0.25) is 0 Å². The number of nitrogens with zero attached hydrogens (tertiary/aromatic N) is 4. The van der Waals surface area contributed by atoms with Crippen LogP contribution in [0, 0.1) is 34.1 Å². The van der Waals surface area contributed by atoms with Crippen molar-refractivity contribution < 1.29 is 27.6 Å². The summed E-state index contributed by atoms with van der Waals surface area (Å²) in [5, 5.41) is 32.8. The van der Waals surface area contributed by atoms with E-state index >= 15 is 0 Å². The minimum atomic E-state index is -3.58. The Morgan fingerprint density at radius 1 is 1.00 bits per heavy atom. The molecule has 0 saturated carbocycles. The van der Waals surface area contributed by atoms with Gasteiger partial charge in [0, 0.05) is 36.6 Å². The van der Waals surface area contributed by atoms with Crippen LogP contribution in [-0.2, 0) is 33.9 Å². The Kier molecular flexibility index (Phi) is 10.8. The molecule has 15 heteroatoms. The van der Waals surface area contributed by atoms with E-state index in [0.717, 1.165) is 17.7 Å². The molecule has 0 atom stereocenters. The van der Waals surface area contributed by atoms with Crippen molar-refractivity contribution in [2.75, 3.05) is 11.6 Å². The fraction of sp³-hybridized carbons (Fsp3) is 0.261. The number of aliphatic hydroxyl groups excluding tert-OH is 1. The third kappa shape index (κ3) is 8.88. The van der Waals surface area contributed by atoms with Gasteiger partial charge < -0.3 is 10.4 Å². The number of benzene rings is 1. The van der Waals surface area contributed by atoms with Crippen molar-refractivity contribution in [3.8, 4) is 0 Å². The number of hydrogen-bond donors (Lipinski definition) is 2. The first kappa shape index (κ1) is 30.3. The predicted octanol–water partition coefficient (Wildman–Crippen LogP) is 3.55. The number of thiocarbonyl (C=S) groups is 1. The minimum absolute atomic E-state index is 0.00551. The second kappa shape index (κ2) is 13.6. The second-order valence-electron chi connectivity index (χ2n) is 7.82. The summed E-state index contributed by atoms with van der Waals surface area (Å²) in [6.07, 6.45) is 4.37. The van der Waals surface area contributed by atoms with Crippen LogP contribution in [0.3, 0.4) is 0 Å². The first-order chi connectivity index (χ1) is 17.8. The smallest absolute Gasteiger partial charge is 0.275 e. The molecule has 4 rings (SSSR count). The van der Waals surface area contributed by atoms with Crippen LogP contribution in [0.4, 0.5) is 17.1 Å². The van der Waals surface area contributed by atoms with Crippen LogP contribution in [0.2, 0.25) is 0 Å². The summed E-state index contributed by atoms with van der Waals surface area (Å²) in [5.74, 6) is 0. The maximum Gasteiger partial charge on any atom is 0.275 e. The van der Waals surface area contributed by atoms with E-state index in [9.17, 15) is 28.6 Å². The second-order valence-corrected chi connectivity index (χ2v) is 9.96. The predicted molar refractivity (Wildman–Crippen MR) is 143 cm³/mol. The Bertz CT molecular complexity index is 1420. The normalized spacial score (nSPS) is 11.7. The topological polar surface area (TPSA) is 188 Å². The zero-order chi connectivity index (χ0) is 28.5. The van der Waals surface area contributed by atoms with E-state index in [-0.39, 0.29) is 30.3 Å². The van der Waals surface area contributed by atoms with Crippen molar-refractivity contribution in [1.29, 1.82) is 0 Å². The van der Waals surface area contributed by atoms with Crippen LogP contribution in [0.15, 0.2) is 48.8 Å². The Morgan fingerprint density at radius 2 is 1.53 bits per heavy atom. The number of para-hydroxylation sites is 1. The summed E-state index contributed by atoms with van der Waals surface area (Å²) in [4.78, 5) is 28.5. The molecule has 2 N–H and O–H groups in total. The molecule has 0 fully saturated rings. The van der Waals surface area contributed by atoms with Crippen LogP contribution in [0.5, 0.6) is 0 Å². The van der Waals surface area contributed by atoms with Crippen molar-refractivity contribution in [2.24, 2.45) is 0 Å². The lowest BCUT2D eigenvalue weighted by Crippen LogP contribution is -2.06. The van der Waals surface area contributed by atoms with Crippen LogP contribution in [-0.4, -0.2) is 44.6 Å². The number of anilines is 1. The molecule has 1 aliphatic rings. The molecule has 3 heterocycles. The lowest BCUT2D eigenvalue weighted by Gasteiger charge is -2.04. The molecule has 1 aromatic carbocycles. The molecule has 0 aliphatic carbocycles. The summed E-state index contributed by atoms with van der Waals surface area (Å²) in [5.41, 5.74) is 3.68. The van der Waals surface area contributed by atoms with Crippen molar-refractivity contribution in [2.45, 2.75) is 33.5 Å². The highest BCUT2D eigenvalue weighted by Gasteiger charge is 2.16. The number of hydrogen-bond acceptors (Lipinski definition) is 11. The van der Waals surface area contributed by atoms with Crippen molar-refractivity contribution in [1.82, 2.24) is 9.97 Å². The fourth-order valence-corrected chi connectivity index (χ4v) is 3.75. The molecule has 13 nitrogen and oxygen atoms in total. The third-order valence-electron chi connectivity index (χ3n) is 5.16. The molecular formula is C23H25N5O8S2. The van der Waals surface area contributed by atoms with E-state index in [2.05, 4.69) is 31.6 Å². The lowest BCUT2D eigenvalue weighted by molar-refractivity contribution is -0.385. The molecule has 2 aromatic heterocycles. The summed E-state index contributed by atoms with van der Waals surface area (Å²) in [6.45, 7) is 2.49. The molecule has 0 unspecified atom stereocenters. The first-order valence-corrected chi connectivity index (χ1v) is 13.1. The number of nitro groups is 2. The van der Waals surface area contributed by atoms with Crippen molar-refractivity contribution >= 4 is 44.4 Å². The molecule has 1 aliphatic heterocycles. The first-order valence-electron chi connectivity index (χ1n) is 10.8. The molecule has 0 bridgehead atoms. The fourth-order valence-electron chi connectivity index (χ4n) is 3.16. The molecule has 0 spiro atoms. The monoisotopic (exact) mass is 563 g/mol. The summed E-state index contributed by atoms with van der Waals surface area (Å²) >= 11 is 5.01. The molecule has 38 heavy (non-hydrogen) atoms. The average Bonchev–Trinajstić information content (AvgIpc) is 3.23. The highest BCUT2D eigenvalue weighted by atomic mass is 32.2. The van der Waals surface area contributed by atoms with Gasteiger partial charge in [0.25, 0.3) is 21.5 Å². The van der Waals surface area contributed by atoms with Crippen molar-refractivity contribution in [3.63, 3.8) is 0 Å². The molecule has 3 aromatic rings. The van der Waals surface area contributed by atoms with Crippen LogP contribution < -0.4 is 5.32 Å². The van der Waals surface area contributed by atoms with Gasteiger partial charge in [0.15, 0.2) is 0 Å². The van der Waals surface area contributed by atoms with Gasteiger partial charge in [0.1, 0.15) is 6.61 Å². The van der Waals surface area contributed by atoms with Gasteiger partial charge in [-0.05, 0) is 25.5 Å². The minimum Gasteiger partial charge on any atom is -0.390 e. The Balaban J connectivity index is 0.000000206. The van der Waals surface area contributed by atoms with Gasteiger partial charge in [0.05, 0.1) is 50.2 Å². The molecular weight excluding hydrogens is 538 g/mol. The number of fused-ring (bicyclic) bond motifs is 1. The largest absolute Gasteiger partial charge is 0.390 e. The van der Waals surface area contributed by atoms with Gasteiger partial charge in [-0.1, -0.05) is 30.4 Å². The van der Waals surface area contributed by atoms with Gasteiger partial charge in [-0.2, -0.15) is 8.42 Å². The quantitative estimate of drug-likeness (QED) is 0.192. The molecule has 0 saturated heterocycles. The SMILES string of the molecule is Cc1c([N+](=O)[O-])ccnc1CO.Cc1c([N+](=O)[O-])ccnc1COS(C)(=O)=O.S=C1Cc2ccccc2N1. The maximum absolute atomic E-state index is 10.8. The summed E-state index contributed by atoms with van der Waals surface area (Å²) < 4.78 is 26.0. The number of rotatable bonds is 6. The third-order valence-corrected chi connectivity index (χ3v) is 5.95. The van der Waals surface area contributed by atoms with Gasteiger partial charge in [-0.25, -0.2) is 0 Å². The average molecular weight is 564 g/mol. The van der Waals surface area contributed by atoms with E-state index in [1.807, 2.05) is 12.1 Å². The van der Waals surface area contributed by atoms with Crippen LogP contribution in [0.1, 0.15) is 28.1 Å². The Hall–Kier alpha value is -3.92. The Morgan fingerprint density at radius 3 is 2.03 bits per heavy atom. The highest BCUT2D eigenvalue weighted by molar-refractivity contribution is 7.85. The van der Waals surface area contributed by atoms with Crippen LogP contribution in [0.25, 0.3) is 0 Å². The number of aromatic nitrogens is 2. The van der Waals surface area contributed by atoms with Gasteiger partial charge >= 0.3 is 0 Å². The summed E-state index contributed by atoms with van der Waals surface area (Å²) in [6, 6.07) is 10.8. The maximum atomic E-state index is 10.8. The van der Waals surface area contributed by atoms with E-state index in [1.165, 1.54) is 42.7 Å². The van der Waals surface area contributed by atoms with Crippen LogP contribution >= 0.6 is 12.2 Å². The van der Waals surface area contributed by atoms with Gasteiger partial charge in [-0.15, -0.1) is 0 Å². The van der Waals surface area contributed by atoms with Gasteiger partial charge in [-0.3, -0.25) is 34.4 Å². The lowest BCUT2D eigenvalue weighted by atomic mass is 10.2. The highest BCUT2D eigenvalue weighted by Crippen LogP contribution is 2.22. The van der Waals surface area contributed by atoms with Crippen molar-refractivity contribution in [3.05, 3.63) is 97.1 Å². The number of nitrogens with one attached hydrogen (secondary N) is 1. The van der Waals surface area contributed by atoms with E-state index in [1.54, 1.807) is 6.92 Å². The number of aliphatic hydroxyl groups is 1. The van der Waals surface area contributed by atoms with E-state index in [4.69, 9.17) is 17.3 Å². The summed E-state index contributed by atoms with van der Waals surface area (Å²) in [7, 11) is -3.58. The molecule has 202 valence electrons. The standard InChI is InChI=1S/C8H10N2O5S.C8H7NS.C7H8N2O3/c1-6-7(5-15-16(2,13)14)9-4-3-8(6)10(11)12;10-8-5-6-3-1-2-4-7(6)9-8;1-5-6(4-10)8-3-2-7(5)9(11)12/h3-4H,5H2,1-2H3;1-4H,5H2,(H,9,10);2-3,10H,4H2,1H3. The zero-order valence-corrected chi connectivity index (χ0v) is 22.3. The Labute approximate surface area is 224 Å². The molecule has 0 amide bonds.